The Labute approximate surface area is 207 Å². The number of methoxy groups -OCH3 is 1. The molecular weight excluding hydrogens is 497 g/mol. The molecular formula is C24H21Cl2N3O4S. The molecule has 0 radical (unpaired) electrons. The van der Waals surface area contributed by atoms with Gasteiger partial charge in [0, 0.05) is 13.1 Å². The Balaban J connectivity index is 1.55. The van der Waals surface area contributed by atoms with Crippen LogP contribution in [-0.4, -0.2) is 48.7 Å². The van der Waals surface area contributed by atoms with Gasteiger partial charge in [0.15, 0.2) is 0 Å². The molecule has 0 spiro atoms. The molecule has 1 aliphatic carbocycles. The Morgan fingerprint density at radius 2 is 1.88 bits per heavy atom. The molecule has 1 fully saturated rings. The molecule has 0 bridgehead atoms. The zero-order valence-electron chi connectivity index (χ0n) is 18.2. The van der Waals surface area contributed by atoms with Gasteiger partial charge in [-0.05, 0) is 60.4 Å². The second-order valence-corrected chi connectivity index (χ2v) is 11.1. The van der Waals surface area contributed by atoms with Crippen LogP contribution in [0.4, 0.5) is 0 Å². The van der Waals surface area contributed by atoms with Gasteiger partial charge in [0.05, 0.1) is 39.6 Å². The summed E-state index contributed by atoms with van der Waals surface area (Å²) in [4.78, 5) is 13.2. The number of sulfonamides is 1. The molecule has 7 nitrogen and oxygen atoms in total. The van der Waals surface area contributed by atoms with Crippen molar-refractivity contribution in [3.63, 3.8) is 0 Å². The lowest BCUT2D eigenvalue weighted by Crippen LogP contribution is -2.53. The number of carbonyl (C=O) groups is 1. The summed E-state index contributed by atoms with van der Waals surface area (Å²) in [5.74, 6) is -0.467. The van der Waals surface area contributed by atoms with Crippen LogP contribution in [0.1, 0.15) is 17.7 Å². The number of hydrogen-bond donors (Lipinski definition) is 0. The van der Waals surface area contributed by atoms with Gasteiger partial charge in [-0.1, -0.05) is 41.4 Å². The molecule has 1 aromatic heterocycles. The maximum absolute atomic E-state index is 13.4. The van der Waals surface area contributed by atoms with Crippen LogP contribution >= 0.6 is 23.2 Å². The molecule has 1 atom stereocenters. The summed E-state index contributed by atoms with van der Waals surface area (Å²) in [6.45, 7) is 0.187. The van der Waals surface area contributed by atoms with E-state index in [1.165, 1.54) is 29.6 Å². The number of esters is 1. The van der Waals surface area contributed by atoms with Gasteiger partial charge in [0.2, 0.25) is 10.0 Å². The van der Waals surface area contributed by atoms with Gasteiger partial charge in [0.1, 0.15) is 5.41 Å². The summed E-state index contributed by atoms with van der Waals surface area (Å²) in [5, 5.41) is 4.96. The van der Waals surface area contributed by atoms with Crippen molar-refractivity contribution < 1.29 is 17.9 Å². The van der Waals surface area contributed by atoms with Crippen LogP contribution in [0.2, 0.25) is 10.0 Å². The van der Waals surface area contributed by atoms with Crippen LogP contribution in [0.15, 0.2) is 65.2 Å². The molecule has 1 saturated heterocycles. The van der Waals surface area contributed by atoms with Crippen LogP contribution in [0.5, 0.6) is 0 Å². The number of hydrogen-bond acceptors (Lipinski definition) is 5. The Hall–Kier alpha value is -2.65. The van der Waals surface area contributed by atoms with Crippen LogP contribution < -0.4 is 0 Å². The molecule has 10 heteroatoms. The van der Waals surface area contributed by atoms with Gasteiger partial charge in [-0.15, -0.1) is 0 Å². The SMILES string of the molecule is COC(=O)[C@]12Cc3cnn(-c4ccccc4)c3C=C1CCN(S(=O)(=O)c1ccc(Cl)c(Cl)c1)C2. The quantitative estimate of drug-likeness (QED) is 0.479. The summed E-state index contributed by atoms with van der Waals surface area (Å²) in [7, 11) is -2.59. The van der Waals surface area contributed by atoms with Crippen molar-refractivity contribution in [1.29, 1.82) is 0 Å². The fraction of sp³-hybridized carbons (Fsp3) is 0.250. The van der Waals surface area contributed by atoms with Crippen molar-refractivity contribution in [1.82, 2.24) is 14.1 Å². The minimum absolute atomic E-state index is 0.0303. The predicted octanol–water partition coefficient (Wildman–Crippen LogP) is 4.37. The van der Waals surface area contributed by atoms with Gasteiger partial charge >= 0.3 is 5.97 Å². The molecule has 0 amide bonds. The second kappa shape index (κ2) is 8.53. The number of ether oxygens (including phenoxy) is 1. The highest BCUT2D eigenvalue weighted by molar-refractivity contribution is 7.89. The molecule has 5 rings (SSSR count). The molecule has 1 aliphatic heterocycles. The van der Waals surface area contributed by atoms with E-state index in [1.807, 2.05) is 41.1 Å². The van der Waals surface area contributed by atoms with Gasteiger partial charge < -0.3 is 4.74 Å². The minimum Gasteiger partial charge on any atom is -0.468 e. The lowest BCUT2D eigenvalue weighted by atomic mass is 9.69. The average molecular weight is 518 g/mol. The fourth-order valence-corrected chi connectivity index (χ4v) is 6.64. The lowest BCUT2D eigenvalue weighted by Gasteiger charge is -2.43. The first-order chi connectivity index (χ1) is 16.3. The number of nitrogens with zero attached hydrogens (tertiary/aromatic N) is 3. The predicted molar refractivity (Wildman–Crippen MR) is 130 cm³/mol. The number of benzene rings is 2. The number of para-hydroxylation sites is 1. The zero-order chi connectivity index (χ0) is 24.1. The number of piperidine rings is 1. The van der Waals surface area contributed by atoms with Crippen LogP contribution in [0.25, 0.3) is 11.8 Å². The maximum atomic E-state index is 13.4. The largest absolute Gasteiger partial charge is 0.468 e. The van der Waals surface area contributed by atoms with Gasteiger partial charge in [0.25, 0.3) is 0 Å². The smallest absolute Gasteiger partial charge is 0.317 e. The summed E-state index contributed by atoms with van der Waals surface area (Å²) in [5.41, 5.74) is 2.36. The second-order valence-electron chi connectivity index (χ2n) is 8.39. The van der Waals surface area contributed by atoms with E-state index in [0.29, 0.717) is 12.8 Å². The first-order valence-electron chi connectivity index (χ1n) is 10.6. The minimum atomic E-state index is -3.91. The summed E-state index contributed by atoms with van der Waals surface area (Å²) in [6, 6.07) is 13.9. The highest BCUT2D eigenvalue weighted by Gasteiger charge is 2.51. The van der Waals surface area contributed by atoms with Crippen molar-refractivity contribution in [3.05, 3.63) is 81.6 Å². The van der Waals surface area contributed by atoms with Gasteiger partial charge in [-0.2, -0.15) is 9.40 Å². The summed E-state index contributed by atoms with van der Waals surface area (Å²) < 4.78 is 35.3. The van der Waals surface area contributed by atoms with Crippen molar-refractivity contribution in [2.24, 2.45) is 5.41 Å². The third kappa shape index (κ3) is 3.65. The number of fused-ring (bicyclic) bond motifs is 2. The zero-order valence-corrected chi connectivity index (χ0v) is 20.6. The first kappa shape index (κ1) is 23.1. The van der Waals surface area contributed by atoms with Crippen molar-refractivity contribution in [3.8, 4) is 5.69 Å². The number of rotatable bonds is 4. The van der Waals surface area contributed by atoms with E-state index in [0.717, 1.165) is 22.5 Å². The number of carbonyl (C=O) groups excluding carboxylic acids is 1. The normalized spacial score (nSPS) is 20.3. The number of aromatic nitrogens is 2. The molecule has 0 unspecified atom stereocenters. The van der Waals surface area contributed by atoms with Crippen LogP contribution in [-0.2, 0) is 26.0 Å². The van der Waals surface area contributed by atoms with Crippen molar-refractivity contribution in [2.45, 2.75) is 17.7 Å². The Morgan fingerprint density at radius 3 is 2.59 bits per heavy atom. The molecule has 0 saturated carbocycles. The molecule has 0 N–H and O–H groups in total. The maximum Gasteiger partial charge on any atom is 0.317 e. The molecule has 2 aliphatic rings. The Kier molecular flexibility index (Phi) is 5.80. The van der Waals surface area contributed by atoms with E-state index >= 15 is 0 Å². The number of halogens is 2. The van der Waals surface area contributed by atoms with Crippen molar-refractivity contribution >= 4 is 45.3 Å². The third-order valence-electron chi connectivity index (χ3n) is 6.49. The highest BCUT2D eigenvalue weighted by atomic mass is 35.5. The van der Waals surface area contributed by atoms with Crippen LogP contribution in [0.3, 0.4) is 0 Å². The van der Waals surface area contributed by atoms with E-state index in [2.05, 4.69) is 5.10 Å². The molecule has 3 aromatic rings. The summed E-state index contributed by atoms with van der Waals surface area (Å²) >= 11 is 12.0. The fourth-order valence-electron chi connectivity index (χ4n) is 4.75. The lowest BCUT2D eigenvalue weighted by molar-refractivity contribution is -0.151. The average Bonchev–Trinajstić information content (AvgIpc) is 3.26. The van der Waals surface area contributed by atoms with E-state index in [4.69, 9.17) is 27.9 Å². The standard InChI is InChI=1S/C24H21Cl2N3O4S/c1-33-23(30)24-13-16-14-27-29(18-5-3-2-4-6-18)22(16)11-17(24)9-10-28(15-24)34(31,32)19-7-8-20(25)21(26)12-19/h2-8,11-12,14H,9-10,13,15H2,1H3/t24-/m0/s1. The Bertz CT molecular complexity index is 1420. The summed E-state index contributed by atoms with van der Waals surface area (Å²) in [6.07, 6.45) is 4.36. The van der Waals surface area contributed by atoms with Crippen LogP contribution in [0, 0.1) is 5.41 Å². The third-order valence-corrected chi connectivity index (χ3v) is 9.07. The van der Waals surface area contributed by atoms with Gasteiger partial charge in [-0.3, -0.25) is 4.79 Å². The van der Waals surface area contributed by atoms with E-state index < -0.39 is 21.4 Å². The van der Waals surface area contributed by atoms with E-state index in [9.17, 15) is 13.2 Å². The monoisotopic (exact) mass is 517 g/mol. The first-order valence-corrected chi connectivity index (χ1v) is 12.8. The molecule has 2 aromatic carbocycles. The van der Waals surface area contributed by atoms with Crippen molar-refractivity contribution in [2.75, 3.05) is 20.2 Å². The molecule has 176 valence electrons. The highest BCUT2D eigenvalue weighted by Crippen LogP contribution is 2.46. The topological polar surface area (TPSA) is 81.5 Å². The van der Waals surface area contributed by atoms with Gasteiger partial charge in [-0.25, -0.2) is 13.1 Å². The Morgan fingerprint density at radius 1 is 1.12 bits per heavy atom. The van der Waals surface area contributed by atoms with E-state index in [1.54, 1.807) is 6.20 Å². The molecule has 34 heavy (non-hydrogen) atoms. The van der Waals surface area contributed by atoms with E-state index in [-0.39, 0.29) is 28.0 Å². The molecule has 2 heterocycles.